The summed E-state index contributed by atoms with van der Waals surface area (Å²) in [4.78, 5) is 11.8. The number of hydrogen-bond acceptors (Lipinski definition) is 13. The molecule has 200 valence electrons. The molecule has 1 aromatic heterocycles. The van der Waals surface area contributed by atoms with Gasteiger partial charge >= 0.3 is 0 Å². The Morgan fingerprint density at radius 3 is 1.46 bits per heavy atom. The largest absolute Gasteiger partial charge is 0.399 e. The van der Waals surface area contributed by atoms with Gasteiger partial charge in [0.05, 0.1) is 9.79 Å². The summed E-state index contributed by atoms with van der Waals surface area (Å²) in [6, 6.07) is 11.2. The van der Waals surface area contributed by atoms with Crippen LogP contribution in [0.2, 0.25) is 0 Å². The van der Waals surface area contributed by atoms with Gasteiger partial charge in [0.1, 0.15) is 0 Å². The number of rotatable bonds is 10. The number of anilines is 5. The molecule has 15 nitrogen and oxygen atoms in total. The van der Waals surface area contributed by atoms with E-state index in [4.69, 9.17) is 5.73 Å². The Morgan fingerprint density at radius 1 is 0.676 bits per heavy atom. The smallest absolute Gasteiger partial charge is 0.285 e. The van der Waals surface area contributed by atoms with E-state index in [1.165, 1.54) is 48.5 Å². The molecular weight excluding hydrogens is 550 g/mol. The van der Waals surface area contributed by atoms with Crippen LogP contribution in [0.4, 0.5) is 29.2 Å². The lowest BCUT2D eigenvalue weighted by Crippen LogP contribution is -2.29. The first-order valence-corrected chi connectivity index (χ1v) is 14.7. The van der Waals surface area contributed by atoms with Crippen molar-refractivity contribution in [2.24, 2.45) is 0 Å². The zero-order valence-corrected chi connectivity index (χ0v) is 21.7. The molecule has 3 rings (SSSR count). The second kappa shape index (κ2) is 10.4. The molecule has 7 N–H and O–H groups in total. The van der Waals surface area contributed by atoms with E-state index in [1.54, 1.807) is 0 Å². The standard InChI is InChI=1S/C19H23N7O8S3/c1-11(36(29,30)31)21-17-24-18(22-12(2)37(32,33)34)26-19(25-17)23-14-5-9-16(10-6-14)35(27,28)15-7-3-13(20)4-8-15/h3-12H,20H2,1-2H3,(H,29,30,31)(H,32,33,34)(H3,21,22,23,24,25,26). The highest BCUT2D eigenvalue weighted by molar-refractivity contribution is 7.91. The van der Waals surface area contributed by atoms with Crippen LogP contribution in [0.3, 0.4) is 0 Å². The molecule has 2 unspecified atom stereocenters. The Balaban J connectivity index is 1.91. The van der Waals surface area contributed by atoms with Gasteiger partial charge in [-0.1, -0.05) is 0 Å². The Morgan fingerprint density at radius 2 is 1.05 bits per heavy atom. The van der Waals surface area contributed by atoms with Crippen molar-refractivity contribution >= 4 is 59.3 Å². The van der Waals surface area contributed by atoms with Crippen molar-refractivity contribution in [2.75, 3.05) is 21.7 Å². The number of aromatic nitrogens is 3. The fourth-order valence-corrected chi connectivity index (χ4v) is 4.47. The average Bonchev–Trinajstić information content (AvgIpc) is 2.78. The summed E-state index contributed by atoms with van der Waals surface area (Å²) in [5.74, 6) is -0.940. The van der Waals surface area contributed by atoms with E-state index in [1.807, 2.05) is 0 Å². The number of hydrogen-bond donors (Lipinski definition) is 6. The zero-order valence-electron chi connectivity index (χ0n) is 19.3. The molecule has 1 heterocycles. The van der Waals surface area contributed by atoms with E-state index in [2.05, 4.69) is 30.9 Å². The van der Waals surface area contributed by atoms with Crippen LogP contribution in [-0.2, 0) is 30.1 Å². The van der Waals surface area contributed by atoms with Gasteiger partial charge in [-0.05, 0) is 62.4 Å². The molecule has 0 aliphatic rings. The lowest BCUT2D eigenvalue weighted by molar-refractivity contribution is 0.473. The van der Waals surface area contributed by atoms with E-state index in [9.17, 15) is 34.4 Å². The van der Waals surface area contributed by atoms with Crippen LogP contribution in [0.25, 0.3) is 0 Å². The third-order valence-corrected chi connectivity index (χ3v) is 8.61. The summed E-state index contributed by atoms with van der Waals surface area (Å²) < 4.78 is 89.5. The summed E-state index contributed by atoms with van der Waals surface area (Å²) >= 11 is 0. The second-order valence-electron chi connectivity index (χ2n) is 7.63. The van der Waals surface area contributed by atoms with E-state index >= 15 is 0 Å². The number of nitrogens with one attached hydrogen (secondary N) is 3. The third kappa shape index (κ3) is 7.23. The maximum absolute atomic E-state index is 12.8. The number of sulfone groups is 1. The number of benzene rings is 2. The summed E-state index contributed by atoms with van der Waals surface area (Å²) in [5.41, 5.74) is 6.33. The van der Waals surface area contributed by atoms with Crippen LogP contribution < -0.4 is 21.7 Å². The minimum atomic E-state index is -4.53. The van der Waals surface area contributed by atoms with Crippen molar-refractivity contribution in [3.05, 3.63) is 48.5 Å². The maximum Gasteiger partial charge on any atom is 0.285 e. The van der Waals surface area contributed by atoms with Gasteiger partial charge < -0.3 is 21.7 Å². The van der Waals surface area contributed by atoms with Crippen molar-refractivity contribution in [1.82, 2.24) is 15.0 Å². The molecule has 0 bridgehead atoms. The maximum atomic E-state index is 12.8. The molecule has 37 heavy (non-hydrogen) atoms. The first-order chi connectivity index (χ1) is 17.1. The van der Waals surface area contributed by atoms with Crippen LogP contribution in [0.5, 0.6) is 0 Å². The van der Waals surface area contributed by atoms with Crippen molar-refractivity contribution < 1.29 is 34.4 Å². The second-order valence-corrected chi connectivity index (χ2v) is 13.1. The van der Waals surface area contributed by atoms with Gasteiger partial charge in [-0.2, -0.15) is 31.8 Å². The molecule has 0 saturated carbocycles. The lowest BCUT2D eigenvalue weighted by atomic mass is 10.3. The van der Waals surface area contributed by atoms with Crippen LogP contribution in [-0.4, -0.2) is 60.1 Å². The summed E-state index contributed by atoms with van der Waals surface area (Å²) in [5, 5.41) is 4.35. The molecule has 0 saturated heterocycles. The molecule has 3 aromatic rings. The van der Waals surface area contributed by atoms with E-state index in [0.717, 1.165) is 13.8 Å². The minimum absolute atomic E-state index is 0.00728. The molecule has 0 aliphatic carbocycles. The first-order valence-electron chi connectivity index (χ1n) is 10.2. The molecule has 0 aliphatic heterocycles. The van der Waals surface area contributed by atoms with Crippen molar-refractivity contribution in [3.63, 3.8) is 0 Å². The molecule has 18 heteroatoms. The predicted molar refractivity (Wildman–Crippen MR) is 135 cm³/mol. The Bertz CT molecular complexity index is 1540. The monoisotopic (exact) mass is 573 g/mol. The van der Waals surface area contributed by atoms with Gasteiger partial charge in [0.25, 0.3) is 20.2 Å². The average molecular weight is 574 g/mol. The summed E-state index contributed by atoms with van der Waals surface area (Å²) in [6.07, 6.45) is 0. The third-order valence-electron chi connectivity index (χ3n) is 4.80. The van der Waals surface area contributed by atoms with Crippen molar-refractivity contribution in [3.8, 4) is 0 Å². The van der Waals surface area contributed by atoms with Gasteiger partial charge in [0, 0.05) is 11.4 Å². The zero-order chi connectivity index (χ0) is 27.6. The van der Waals surface area contributed by atoms with Crippen LogP contribution in [0, 0.1) is 0 Å². The first kappa shape index (κ1) is 28.0. The molecule has 0 radical (unpaired) electrons. The normalized spacial score (nSPS) is 13.9. The summed E-state index contributed by atoms with van der Waals surface area (Å²) in [6.45, 7) is 2.22. The van der Waals surface area contributed by atoms with Gasteiger partial charge in [0.2, 0.25) is 27.7 Å². The van der Waals surface area contributed by atoms with Gasteiger partial charge in [-0.25, -0.2) is 8.42 Å². The van der Waals surface area contributed by atoms with Crippen LogP contribution in [0.15, 0.2) is 58.3 Å². The number of nitrogen functional groups attached to an aromatic ring is 1. The minimum Gasteiger partial charge on any atom is -0.399 e. The quantitative estimate of drug-likeness (QED) is 0.148. The molecule has 0 amide bonds. The lowest BCUT2D eigenvalue weighted by Gasteiger charge is -2.15. The highest BCUT2D eigenvalue weighted by Gasteiger charge is 2.22. The molecule has 2 atom stereocenters. The Labute approximate surface area is 213 Å². The highest BCUT2D eigenvalue weighted by atomic mass is 32.2. The Kier molecular flexibility index (Phi) is 7.89. The molecule has 0 spiro atoms. The van der Waals surface area contributed by atoms with Gasteiger partial charge in [0.15, 0.2) is 10.7 Å². The van der Waals surface area contributed by atoms with E-state index in [-0.39, 0.29) is 27.6 Å². The van der Waals surface area contributed by atoms with Crippen molar-refractivity contribution in [2.45, 2.75) is 34.4 Å². The van der Waals surface area contributed by atoms with Gasteiger partial charge in [-0.3, -0.25) is 9.11 Å². The molecule has 2 aromatic carbocycles. The Hall–Kier alpha value is -3.58. The molecular formula is C19H23N7O8S3. The molecule has 0 fully saturated rings. The van der Waals surface area contributed by atoms with Crippen LogP contribution in [0.1, 0.15) is 13.8 Å². The number of nitrogens with zero attached hydrogens (tertiary/aromatic N) is 3. The SMILES string of the molecule is CC(Nc1nc(Nc2ccc(S(=O)(=O)c3ccc(N)cc3)cc2)nc(NC(C)S(=O)(=O)O)n1)S(=O)(=O)O. The van der Waals surface area contributed by atoms with E-state index in [0.29, 0.717) is 11.4 Å². The van der Waals surface area contributed by atoms with E-state index < -0.39 is 40.8 Å². The predicted octanol–water partition coefficient (Wildman–Crippen LogP) is 1.32. The fraction of sp³-hybridized carbons (Fsp3) is 0.211. The summed E-state index contributed by atoms with van der Waals surface area (Å²) in [7, 11) is -12.9. The van der Waals surface area contributed by atoms with Gasteiger partial charge in [-0.15, -0.1) is 0 Å². The highest BCUT2D eigenvalue weighted by Crippen LogP contribution is 2.24. The number of nitrogens with two attached hydrogens (primary N) is 1. The van der Waals surface area contributed by atoms with Crippen molar-refractivity contribution in [1.29, 1.82) is 0 Å². The fourth-order valence-electron chi connectivity index (χ4n) is 2.70. The topological polar surface area (TPSA) is 244 Å². The van der Waals surface area contributed by atoms with Crippen LogP contribution >= 0.6 is 0 Å².